The standard InChI is InChI=1S/C28H24N2O5/c1-34-26-18-22-16-17-29(28(31)15-12-20-8-4-3-5-9-20)25(23(22)19-27(26)35-2)14-13-21-10-6-7-11-24(21)30(32)33/h3-11,13-14,18-19,25H,16-17H2,1-2H3/b14-13+. The predicted octanol–water partition coefficient (Wildman–Crippen LogP) is 4.80. The minimum atomic E-state index is -0.490. The van der Waals surface area contributed by atoms with Crippen molar-refractivity contribution in [1.82, 2.24) is 4.90 Å². The van der Waals surface area contributed by atoms with Gasteiger partial charge in [0.25, 0.3) is 11.6 Å². The molecule has 1 heterocycles. The molecule has 35 heavy (non-hydrogen) atoms. The van der Waals surface area contributed by atoms with Crippen molar-refractivity contribution < 1.29 is 19.2 Å². The van der Waals surface area contributed by atoms with Gasteiger partial charge in [-0.05, 0) is 54.0 Å². The van der Waals surface area contributed by atoms with Crippen molar-refractivity contribution in [3.8, 4) is 23.3 Å². The molecule has 0 fully saturated rings. The third kappa shape index (κ3) is 5.17. The highest BCUT2D eigenvalue weighted by Crippen LogP contribution is 2.39. The first-order valence-corrected chi connectivity index (χ1v) is 11.1. The van der Waals surface area contributed by atoms with Crippen LogP contribution >= 0.6 is 0 Å². The Bertz CT molecular complexity index is 1340. The molecule has 0 aliphatic carbocycles. The minimum Gasteiger partial charge on any atom is -0.493 e. The molecule has 0 saturated carbocycles. The Labute approximate surface area is 203 Å². The molecule has 1 unspecified atom stereocenters. The highest BCUT2D eigenvalue weighted by molar-refractivity contribution is 5.95. The highest BCUT2D eigenvalue weighted by atomic mass is 16.6. The molecule has 0 aromatic heterocycles. The number of carbonyl (C=O) groups excluding carboxylic acids is 1. The van der Waals surface area contributed by atoms with Gasteiger partial charge in [-0.1, -0.05) is 42.3 Å². The fourth-order valence-electron chi connectivity index (χ4n) is 4.12. The van der Waals surface area contributed by atoms with Crippen molar-refractivity contribution in [2.24, 2.45) is 0 Å². The van der Waals surface area contributed by atoms with E-state index in [0.29, 0.717) is 30.0 Å². The third-order valence-electron chi connectivity index (χ3n) is 5.86. The van der Waals surface area contributed by atoms with Gasteiger partial charge in [-0.15, -0.1) is 0 Å². The fourth-order valence-corrected chi connectivity index (χ4v) is 4.12. The number of para-hydroxylation sites is 1. The number of hydrogen-bond acceptors (Lipinski definition) is 5. The summed E-state index contributed by atoms with van der Waals surface area (Å²) in [4.78, 5) is 25.9. The van der Waals surface area contributed by atoms with E-state index in [0.717, 1.165) is 16.7 Å². The molecule has 3 aromatic rings. The Balaban J connectivity index is 1.76. The number of methoxy groups -OCH3 is 2. The van der Waals surface area contributed by atoms with Gasteiger partial charge in [-0.2, -0.15) is 0 Å². The zero-order valence-corrected chi connectivity index (χ0v) is 19.4. The van der Waals surface area contributed by atoms with Gasteiger partial charge in [-0.25, -0.2) is 0 Å². The quantitative estimate of drug-likeness (QED) is 0.305. The molecule has 1 atom stereocenters. The Morgan fingerprint density at radius 3 is 2.46 bits per heavy atom. The highest BCUT2D eigenvalue weighted by Gasteiger charge is 2.30. The summed E-state index contributed by atoms with van der Waals surface area (Å²) in [6.45, 7) is 0.441. The predicted molar refractivity (Wildman–Crippen MR) is 133 cm³/mol. The largest absolute Gasteiger partial charge is 0.493 e. The van der Waals surface area contributed by atoms with E-state index >= 15 is 0 Å². The second kappa shape index (κ2) is 10.6. The minimum absolute atomic E-state index is 0.00570. The molecule has 0 spiro atoms. The molecule has 0 saturated heterocycles. The average Bonchev–Trinajstić information content (AvgIpc) is 2.90. The lowest BCUT2D eigenvalue weighted by atomic mass is 9.91. The number of hydrogen-bond donors (Lipinski definition) is 0. The monoisotopic (exact) mass is 468 g/mol. The van der Waals surface area contributed by atoms with Crippen molar-refractivity contribution in [2.75, 3.05) is 20.8 Å². The maximum Gasteiger partial charge on any atom is 0.299 e. The number of nitro groups is 1. The van der Waals surface area contributed by atoms with E-state index in [1.165, 1.54) is 6.07 Å². The van der Waals surface area contributed by atoms with Gasteiger partial charge >= 0.3 is 0 Å². The molecule has 4 rings (SSSR count). The first-order chi connectivity index (χ1) is 17.0. The van der Waals surface area contributed by atoms with Crippen LogP contribution in [0, 0.1) is 22.0 Å². The molecule has 1 aliphatic heterocycles. The molecule has 1 amide bonds. The third-order valence-corrected chi connectivity index (χ3v) is 5.86. The molecule has 176 valence electrons. The van der Waals surface area contributed by atoms with E-state index in [-0.39, 0.29) is 11.6 Å². The molecular formula is C28H24N2O5. The van der Waals surface area contributed by atoms with Crippen LogP contribution in [-0.4, -0.2) is 36.5 Å². The molecule has 7 nitrogen and oxygen atoms in total. The summed E-state index contributed by atoms with van der Waals surface area (Å²) in [6, 6.07) is 19.1. The van der Waals surface area contributed by atoms with E-state index in [9.17, 15) is 14.9 Å². The first kappa shape index (κ1) is 23.6. The van der Waals surface area contributed by atoms with Gasteiger partial charge in [0, 0.05) is 24.1 Å². The van der Waals surface area contributed by atoms with E-state index in [4.69, 9.17) is 9.47 Å². The number of nitro benzene ring substituents is 1. The number of fused-ring (bicyclic) bond motifs is 1. The normalized spacial score (nSPS) is 14.6. The van der Waals surface area contributed by atoms with Gasteiger partial charge in [0.05, 0.1) is 30.7 Å². The lowest BCUT2D eigenvalue weighted by Gasteiger charge is -2.35. The number of carbonyl (C=O) groups is 1. The molecule has 1 aliphatic rings. The van der Waals surface area contributed by atoms with Crippen molar-refractivity contribution in [3.63, 3.8) is 0 Å². The summed E-state index contributed by atoms with van der Waals surface area (Å²) in [5, 5.41) is 11.5. The number of ether oxygens (including phenoxy) is 2. The molecule has 7 heteroatoms. The smallest absolute Gasteiger partial charge is 0.299 e. The second-order valence-corrected chi connectivity index (χ2v) is 7.89. The topological polar surface area (TPSA) is 81.9 Å². The summed E-state index contributed by atoms with van der Waals surface area (Å²) < 4.78 is 10.9. The lowest BCUT2D eigenvalue weighted by Crippen LogP contribution is -2.38. The van der Waals surface area contributed by atoms with Gasteiger partial charge in [0.1, 0.15) is 0 Å². The lowest BCUT2D eigenvalue weighted by molar-refractivity contribution is -0.385. The molecule has 0 N–H and O–H groups in total. The van der Waals surface area contributed by atoms with Gasteiger partial charge in [0.15, 0.2) is 11.5 Å². The zero-order valence-electron chi connectivity index (χ0n) is 19.4. The van der Waals surface area contributed by atoms with Crippen LogP contribution in [-0.2, 0) is 11.2 Å². The Morgan fingerprint density at radius 1 is 1.06 bits per heavy atom. The Kier molecular flexibility index (Phi) is 7.12. The van der Waals surface area contributed by atoms with Gasteiger partial charge in [-0.3, -0.25) is 14.9 Å². The maximum atomic E-state index is 13.2. The number of amides is 1. The van der Waals surface area contributed by atoms with Crippen LogP contribution in [0.25, 0.3) is 6.08 Å². The van der Waals surface area contributed by atoms with E-state index < -0.39 is 11.0 Å². The van der Waals surface area contributed by atoms with Crippen molar-refractivity contribution >= 4 is 17.7 Å². The van der Waals surface area contributed by atoms with E-state index in [2.05, 4.69) is 11.8 Å². The van der Waals surface area contributed by atoms with Gasteiger partial charge in [0.2, 0.25) is 0 Å². The first-order valence-electron chi connectivity index (χ1n) is 11.1. The van der Waals surface area contributed by atoms with Crippen molar-refractivity contribution in [2.45, 2.75) is 12.5 Å². The van der Waals surface area contributed by atoms with E-state index in [1.54, 1.807) is 49.5 Å². The summed E-state index contributed by atoms with van der Waals surface area (Å²) >= 11 is 0. The van der Waals surface area contributed by atoms with Crippen LogP contribution in [0.2, 0.25) is 0 Å². The summed E-state index contributed by atoms with van der Waals surface area (Å²) in [5.74, 6) is 6.49. The molecule has 0 radical (unpaired) electrons. The summed E-state index contributed by atoms with van der Waals surface area (Å²) in [6.07, 6.45) is 4.10. The summed E-state index contributed by atoms with van der Waals surface area (Å²) in [5.41, 5.74) is 3.07. The Morgan fingerprint density at radius 2 is 1.74 bits per heavy atom. The second-order valence-electron chi connectivity index (χ2n) is 7.89. The SMILES string of the molecule is COc1cc2c(cc1OC)C(/C=C/c1ccccc1[N+](=O)[O-])N(C(=O)C#Cc1ccccc1)CC2. The van der Waals surface area contributed by atoms with E-state index in [1.807, 2.05) is 42.5 Å². The number of nitrogens with zero attached hydrogens (tertiary/aromatic N) is 2. The van der Waals surface area contributed by atoms with Crippen molar-refractivity contribution in [3.05, 3.63) is 105 Å². The Hall–Kier alpha value is -4.57. The van der Waals surface area contributed by atoms with Crippen LogP contribution in [0.5, 0.6) is 11.5 Å². The fraction of sp³-hybridized carbons (Fsp3) is 0.179. The zero-order chi connectivity index (χ0) is 24.8. The molecular weight excluding hydrogens is 444 g/mol. The molecule has 3 aromatic carbocycles. The van der Waals surface area contributed by atoms with Crippen LogP contribution < -0.4 is 9.47 Å². The number of rotatable bonds is 5. The van der Waals surface area contributed by atoms with Crippen LogP contribution in [0.3, 0.4) is 0 Å². The molecule has 0 bridgehead atoms. The summed E-state index contributed by atoms with van der Waals surface area (Å²) in [7, 11) is 3.13. The van der Waals surface area contributed by atoms with Gasteiger partial charge < -0.3 is 14.4 Å². The van der Waals surface area contributed by atoms with Crippen LogP contribution in [0.1, 0.15) is 28.3 Å². The number of benzene rings is 3. The maximum absolute atomic E-state index is 13.2. The van der Waals surface area contributed by atoms with Crippen LogP contribution in [0.4, 0.5) is 5.69 Å². The average molecular weight is 469 g/mol. The van der Waals surface area contributed by atoms with Crippen molar-refractivity contribution in [1.29, 1.82) is 0 Å². The van der Waals surface area contributed by atoms with Crippen LogP contribution in [0.15, 0.2) is 72.8 Å².